The molecule has 1 heterocycles. The Labute approximate surface area is 133 Å². The van der Waals surface area contributed by atoms with E-state index in [9.17, 15) is 0 Å². The van der Waals surface area contributed by atoms with Crippen LogP contribution in [0.4, 0.5) is 0 Å². The smallest absolute Gasteiger partial charge is 0.124 e. The zero-order valence-electron chi connectivity index (χ0n) is 9.52. The molecule has 0 spiro atoms. The van der Waals surface area contributed by atoms with Crippen molar-refractivity contribution in [2.45, 2.75) is 0 Å². The molecule has 0 aliphatic heterocycles. The maximum absolute atomic E-state index is 4.97. The number of benzene rings is 2. The zero-order chi connectivity index (χ0) is 13.7. The number of fused-ring (bicyclic) bond motifs is 1. The Balaban J connectivity index is 0.000000297. The fraction of sp³-hybridized carbons (Fsp3) is 0. The van der Waals surface area contributed by atoms with Gasteiger partial charge in [0.2, 0.25) is 0 Å². The summed E-state index contributed by atoms with van der Waals surface area (Å²) in [5, 5.41) is 1.09. The van der Waals surface area contributed by atoms with Crippen LogP contribution in [0.5, 0.6) is 0 Å². The van der Waals surface area contributed by atoms with Gasteiger partial charge in [-0.1, -0.05) is 42.5 Å². The SMILES string of the molecule is [Cl][Ir]([Cl])[Cl].c1ccc(-c2nc3ccccc3s2)cc1. The van der Waals surface area contributed by atoms with Gasteiger partial charge in [-0.15, -0.1) is 11.3 Å². The van der Waals surface area contributed by atoms with Gasteiger partial charge in [0.15, 0.2) is 0 Å². The quantitative estimate of drug-likeness (QED) is 0.390. The van der Waals surface area contributed by atoms with E-state index < -0.39 is 13.5 Å². The molecule has 0 saturated heterocycles. The van der Waals surface area contributed by atoms with Crippen molar-refractivity contribution in [3.8, 4) is 10.6 Å². The molecule has 0 radical (unpaired) electrons. The summed E-state index contributed by atoms with van der Waals surface area (Å²) >= 11 is -0.177. The number of para-hydroxylation sites is 1. The molecule has 19 heavy (non-hydrogen) atoms. The molecule has 102 valence electrons. The summed E-state index contributed by atoms with van der Waals surface area (Å²) < 4.78 is 1.25. The van der Waals surface area contributed by atoms with Gasteiger partial charge < -0.3 is 0 Å². The van der Waals surface area contributed by atoms with E-state index >= 15 is 0 Å². The Morgan fingerprint density at radius 2 is 1.42 bits per heavy atom. The van der Waals surface area contributed by atoms with Crippen LogP contribution in [0.3, 0.4) is 0 Å². The van der Waals surface area contributed by atoms with Crippen LogP contribution in [-0.4, -0.2) is 4.98 Å². The number of thiazole rings is 1. The minimum Gasteiger partial charge on any atom is -0.236 e. The van der Waals surface area contributed by atoms with Crippen LogP contribution in [0, 0.1) is 0 Å². The van der Waals surface area contributed by atoms with Gasteiger partial charge in [-0.25, -0.2) is 4.98 Å². The number of hydrogen-bond donors (Lipinski definition) is 0. The summed E-state index contributed by atoms with van der Waals surface area (Å²) in [5.74, 6) is 0. The van der Waals surface area contributed by atoms with E-state index in [2.05, 4.69) is 35.3 Å². The molecule has 0 fully saturated rings. The largest absolute Gasteiger partial charge is 0.236 e. The number of aromatic nitrogens is 1. The minimum absolute atomic E-state index is 1.08. The first kappa shape index (κ1) is 15.2. The topological polar surface area (TPSA) is 12.9 Å². The monoisotopic (exact) mass is 509 g/mol. The molecule has 0 aliphatic rings. The second-order valence-corrected chi connectivity index (χ2v) is 14.9. The number of nitrogens with zero attached hydrogens (tertiary/aromatic N) is 1. The van der Waals surface area contributed by atoms with Gasteiger partial charge in [-0.2, -0.15) is 0 Å². The molecule has 0 bridgehead atoms. The minimum atomic E-state index is -1.92. The van der Waals surface area contributed by atoms with Crippen molar-refractivity contribution >= 4 is 50.3 Å². The summed E-state index contributed by atoms with van der Waals surface area (Å²) in [6, 6.07) is 18.5. The molecule has 2 aromatic carbocycles. The summed E-state index contributed by atoms with van der Waals surface area (Å²) in [6.07, 6.45) is 0. The molecule has 1 aromatic heterocycles. The zero-order valence-corrected chi connectivity index (χ0v) is 15.0. The maximum atomic E-state index is 4.97. The molecule has 0 atom stereocenters. The average Bonchev–Trinajstić information content (AvgIpc) is 2.83. The van der Waals surface area contributed by atoms with Gasteiger partial charge in [0.25, 0.3) is 0 Å². The van der Waals surface area contributed by atoms with E-state index in [0.717, 1.165) is 10.5 Å². The van der Waals surface area contributed by atoms with Gasteiger partial charge in [-0.05, 0) is 12.1 Å². The number of rotatable bonds is 1. The van der Waals surface area contributed by atoms with Gasteiger partial charge in [-0.3, -0.25) is 0 Å². The molecule has 3 rings (SSSR count). The maximum Gasteiger partial charge on any atom is 0.124 e. The van der Waals surface area contributed by atoms with E-state index in [-0.39, 0.29) is 0 Å². The summed E-state index contributed by atoms with van der Waals surface area (Å²) in [7, 11) is 14.9. The van der Waals surface area contributed by atoms with E-state index in [0.29, 0.717) is 0 Å². The predicted octanol–water partition coefficient (Wildman–Crippen LogP) is 6.03. The molecule has 1 nitrogen and oxygen atoms in total. The fourth-order valence-electron chi connectivity index (χ4n) is 1.58. The molecule has 0 aliphatic carbocycles. The second-order valence-electron chi connectivity index (χ2n) is 3.50. The third-order valence-electron chi connectivity index (χ3n) is 2.31. The molecule has 0 saturated carbocycles. The number of halogens is 3. The average molecular weight is 510 g/mol. The summed E-state index contributed by atoms with van der Waals surface area (Å²) in [4.78, 5) is 4.60. The number of hydrogen-bond acceptors (Lipinski definition) is 2. The first-order valence-corrected chi connectivity index (χ1v) is 14.9. The van der Waals surface area contributed by atoms with Crippen molar-refractivity contribution in [3.63, 3.8) is 0 Å². The van der Waals surface area contributed by atoms with Crippen LogP contribution in [0.25, 0.3) is 20.8 Å². The van der Waals surface area contributed by atoms with E-state index in [4.69, 9.17) is 28.8 Å². The molecule has 0 N–H and O–H groups in total. The van der Waals surface area contributed by atoms with Gasteiger partial charge in [0.1, 0.15) is 5.01 Å². The molecule has 0 unspecified atom stereocenters. The van der Waals surface area contributed by atoms with Crippen LogP contribution in [0.1, 0.15) is 0 Å². The molecule has 0 amide bonds. The third kappa shape index (κ3) is 4.71. The van der Waals surface area contributed by atoms with Crippen LogP contribution in [0.15, 0.2) is 54.6 Å². The van der Waals surface area contributed by atoms with Gasteiger partial charge >= 0.3 is 42.2 Å². The van der Waals surface area contributed by atoms with Crippen LogP contribution in [0.2, 0.25) is 0 Å². The standard InChI is InChI=1S/C13H9NS.3ClH.Ir/c1-2-6-10(7-3-1)13-14-11-8-4-5-9-12(11)15-13;;;;/h1-9H;3*1H;/q;;;;+3/p-3. The van der Waals surface area contributed by atoms with E-state index in [1.807, 2.05) is 24.3 Å². The molecule has 3 aromatic rings. The Morgan fingerprint density at radius 3 is 2.05 bits per heavy atom. The van der Waals surface area contributed by atoms with Crippen molar-refractivity contribution in [1.29, 1.82) is 0 Å². The first-order chi connectivity index (χ1) is 9.16. The summed E-state index contributed by atoms with van der Waals surface area (Å²) in [6.45, 7) is 0. The molecular weight excluding hydrogens is 501 g/mol. The normalized spacial score (nSPS) is 10.8. The Hall–Kier alpha value is -0.151. The summed E-state index contributed by atoms with van der Waals surface area (Å²) in [5.41, 5.74) is 2.28. The third-order valence-corrected chi connectivity index (χ3v) is 3.40. The Kier molecular flexibility index (Phi) is 6.08. The van der Waals surface area contributed by atoms with E-state index in [1.165, 1.54) is 10.3 Å². The second kappa shape index (κ2) is 7.58. The molecule has 6 heteroatoms. The predicted molar refractivity (Wildman–Crippen MR) is 82.6 cm³/mol. The Morgan fingerprint density at radius 1 is 0.842 bits per heavy atom. The van der Waals surface area contributed by atoms with Crippen molar-refractivity contribution in [2.24, 2.45) is 0 Å². The van der Waals surface area contributed by atoms with Gasteiger partial charge in [0, 0.05) is 5.56 Å². The molecular formula is C13H9Cl3IrNS. The van der Waals surface area contributed by atoms with Crippen LogP contribution in [-0.2, 0) is 13.5 Å². The first-order valence-electron chi connectivity index (χ1n) is 5.22. The van der Waals surface area contributed by atoms with Crippen LogP contribution < -0.4 is 0 Å². The van der Waals surface area contributed by atoms with E-state index in [1.54, 1.807) is 11.3 Å². The van der Waals surface area contributed by atoms with Crippen molar-refractivity contribution in [1.82, 2.24) is 4.98 Å². The van der Waals surface area contributed by atoms with Crippen LogP contribution >= 0.6 is 40.1 Å². The fourth-order valence-corrected chi connectivity index (χ4v) is 2.55. The van der Waals surface area contributed by atoms with Crippen molar-refractivity contribution < 1.29 is 13.5 Å². The van der Waals surface area contributed by atoms with Crippen molar-refractivity contribution in [2.75, 3.05) is 0 Å². The van der Waals surface area contributed by atoms with Gasteiger partial charge in [0.05, 0.1) is 10.2 Å². The Bertz CT molecular complexity index is 607. The van der Waals surface area contributed by atoms with Crippen molar-refractivity contribution in [3.05, 3.63) is 54.6 Å².